The first-order valence-corrected chi connectivity index (χ1v) is 10.3. The smallest absolute Gasteiger partial charge is 0.234 e. The summed E-state index contributed by atoms with van der Waals surface area (Å²) in [6.07, 6.45) is 0. The number of anilines is 1. The molecule has 1 amide bonds. The highest BCUT2D eigenvalue weighted by atomic mass is 32.1. The molecule has 130 valence electrons. The van der Waals surface area contributed by atoms with Crippen molar-refractivity contribution in [3.63, 3.8) is 0 Å². The predicted octanol–water partition coefficient (Wildman–Crippen LogP) is 3.40. The molecule has 2 aromatic heterocycles. The van der Waals surface area contributed by atoms with E-state index in [1.54, 1.807) is 22.7 Å². The monoisotopic (exact) mass is 371 g/mol. The van der Waals surface area contributed by atoms with Gasteiger partial charge in [0.25, 0.3) is 0 Å². The van der Waals surface area contributed by atoms with Gasteiger partial charge in [-0.15, -0.1) is 22.7 Å². The third-order valence-electron chi connectivity index (χ3n) is 4.59. The van der Waals surface area contributed by atoms with Gasteiger partial charge in [0.1, 0.15) is 0 Å². The van der Waals surface area contributed by atoms with Crippen LogP contribution in [0.3, 0.4) is 0 Å². The number of nitrogens with zero attached hydrogens (tertiary/aromatic N) is 2. The van der Waals surface area contributed by atoms with E-state index in [9.17, 15) is 4.79 Å². The maximum absolute atomic E-state index is 12.1. The Morgan fingerprint density at radius 3 is 2.68 bits per heavy atom. The zero-order valence-corrected chi connectivity index (χ0v) is 15.6. The van der Waals surface area contributed by atoms with Crippen molar-refractivity contribution in [2.45, 2.75) is 6.54 Å². The maximum Gasteiger partial charge on any atom is 0.234 e. The molecule has 6 heteroatoms. The fourth-order valence-electron chi connectivity index (χ4n) is 3.26. The molecule has 4 nitrogen and oxygen atoms in total. The minimum absolute atomic E-state index is 0.113. The Morgan fingerprint density at radius 1 is 1.00 bits per heavy atom. The number of nitrogens with one attached hydrogen (secondary N) is 1. The Hall–Kier alpha value is -1.89. The van der Waals surface area contributed by atoms with Crippen LogP contribution in [0, 0.1) is 0 Å². The Balaban J connectivity index is 1.29. The second kappa shape index (κ2) is 7.56. The lowest BCUT2D eigenvalue weighted by Gasteiger charge is -2.36. The quantitative estimate of drug-likeness (QED) is 0.747. The van der Waals surface area contributed by atoms with Crippen molar-refractivity contribution < 1.29 is 4.79 Å². The molecule has 4 rings (SSSR count). The summed E-state index contributed by atoms with van der Waals surface area (Å²) >= 11 is 3.47. The highest BCUT2D eigenvalue weighted by molar-refractivity contribution is 7.17. The minimum atomic E-state index is 0.113. The molecule has 1 N–H and O–H groups in total. The summed E-state index contributed by atoms with van der Waals surface area (Å²) in [5.41, 5.74) is 1.32. The summed E-state index contributed by atoms with van der Waals surface area (Å²) in [7, 11) is 0. The Kier molecular flexibility index (Phi) is 5.01. The lowest BCUT2D eigenvalue weighted by atomic mass is 10.2. The zero-order chi connectivity index (χ0) is 17.1. The molecular weight excluding hydrogens is 350 g/mol. The molecule has 0 bridgehead atoms. The van der Waals surface area contributed by atoms with Crippen molar-refractivity contribution in [3.05, 3.63) is 52.0 Å². The van der Waals surface area contributed by atoms with E-state index >= 15 is 0 Å². The number of benzene rings is 1. The Morgan fingerprint density at radius 2 is 1.88 bits per heavy atom. The van der Waals surface area contributed by atoms with Crippen molar-refractivity contribution in [3.8, 4) is 0 Å². The van der Waals surface area contributed by atoms with Crippen LogP contribution in [0.2, 0.25) is 0 Å². The molecule has 1 aliphatic rings. The van der Waals surface area contributed by atoms with Crippen LogP contribution in [-0.2, 0) is 11.3 Å². The summed E-state index contributed by atoms with van der Waals surface area (Å²) in [6, 6.07) is 12.8. The molecular formula is C19H21N3OS2. The van der Waals surface area contributed by atoms with E-state index in [-0.39, 0.29) is 5.91 Å². The minimum Gasteiger partial charge on any atom is -0.368 e. The van der Waals surface area contributed by atoms with Gasteiger partial charge in [0, 0.05) is 46.8 Å². The third kappa shape index (κ3) is 3.86. The number of carbonyl (C=O) groups is 1. The second-order valence-corrected chi connectivity index (χ2v) is 8.21. The number of hydrogen-bond acceptors (Lipinski definition) is 5. The summed E-state index contributed by atoms with van der Waals surface area (Å²) in [4.78, 5) is 18.0. The fourth-order valence-corrected chi connectivity index (χ4v) is 4.71. The van der Waals surface area contributed by atoms with Crippen molar-refractivity contribution in [2.75, 3.05) is 37.6 Å². The van der Waals surface area contributed by atoms with E-state index in [0.29, 0.717) is 13.1 Å². The average Bonchev–Trinajstić information content (AvgIpc) is 3.32. The molecule has 0 atom stereocenters. The molecule has 1 fully saturated rings. The van der Waals surface area contributed by atoms with Crippen LogP contribution in [0.1, 0.15) is 4.88 Å². The van der Waals surface area contributed by atoms with Gasteiger partial charge in [0.2, 0.25) is 5.91 Å². The molecule has 1 aliphatic heterocycles. The van der Waals surface area contributed by atoms with Crippen LogP contribution in [0.15, 0.2) is 47.2 Å². The number of carbonyl (C=O) groups excluding carboxylic acids is 1. The number of piperazine rings is 1. The number of rotatable bonds is 5. The summed E-state index contributed by atoms with van der Waals surface area (Å²) < 4.78 is 1.34. The highest BCUT2D eigenvalue weighted by Gasteiger charge is 2.20. The normalized spacial score (nSPS) is 15.6. The lowest BCUT2D eigenvalue weighted by molar-refractivity contribution is -0.122. The summed E-state index contributed by atoms with van der Waals surface area (Å²) in [6.45, 7) is 4.90. The van der Waals surface area contributed by atoms with Gasteiger partial charge in [0.15, 0.2) is 0 Å². The van der Waals surface area contributed by atoms with Crippen LogP contribution >= 0.6 is 22.7 Å². The van der Waals surface area contributed by atoms with Gasteiger partial charge in [-0.05, 0) is 35.0 Å². The van der Waals surface area contributed by atoms with Gasteiger partial charge in [-0.25, -0.2) is 0 Å². The molecule has 1 aromatic carbocycles. The van der Waals surface area contributed by atoms with E-state index in [1.165, 1.54) is 20.7 Å². The van der Waals surface area contributed by atoms with Crippen LogP contribution in [0.25, 0.3) is 10.1 Å². The van der Waals surface area contributed by atoms with Crippen LogP contribution in [0.4, 0.5) is 5.69 Å². The second-order valence-electron chi connectivity index (χ2n) is 6.23. The number of hydrogen-bond donors (Lipinski definition) is 1. The number of fused-ring (bicyclic) bond motifs is 1. The van der Waals surface area contributed by atoms with Gasteiger partial charge in [-0.2, -0.15) is 0 Å². The van der Waals surface area contributed by atoms with E-state index in [0.717, 1.165) is 26.2 Å². The summed E-state index contributed by atoms with van der Waals surface area (Å²) in [5.74, 6) is 0.113. The van der Waals surface area contributed by atoms with Crippen molar-refractivity contribution >= 4 is 44.4 Å². The highest BCUT2D eigenvalue weighted by Crippen LogP contribution is 2.31. The zero-order valence-electron chi connectivity index (χ0n) is 14.0. The number of thiophene rings is 2. The Labute approximate surface area is 155 Å². The predicted molar refractivity (Wildman–Crippen MR) is 107 cm³/mol. The summed E-state index contributed by atoms with van der Waals surface area (Å²) in [5, 5.41) is 8.55. The lowest BCUT2D eigenvalue weighted by Crippen LogP contribution is -2.49. The standard InChI is InChI=1S/C19H21N3OS2/c23-19(20-13-15-3-2-11-24-15)14-21-7-9-22(10-8-21)17-4-1-5-18-16(17)6-12-25-18/h1-6,11-12H,7-10,13-14H2,(H,20,23). The average molecular weight is 372 g/mol. The molecule has 3 heterocycles. The van der Waals surface area contributed by atoms with Gasteiger partial charge in [0.05, 0.1) is 13.1 Å². The van der Waals surface area contributed by atoms with Crippen LogP contribution < -0.4 is 10.2 Å². The molecule has 0 radical (unpaired) electrons. The molecule has 1 saturated heterocycles. The Bertz CT molecular complexity index is 835. The molecule has 3 aromatic rings. The molecule has 0 unspecified atom stereocenters. The topological polar surface area (TPSA) is 35.6 Å². The van der Waals surface area contributed by atoms with Gasteiger partial charge in [-0.1, -0.05) is 12.1 Å². The first-order valence-electron chi connectivity index (χ1n) is 8.52. The third-order valence-corrected chi connectivity index (χ3v) is 6.35. The van der Waals surface area contributed by atoms with Crippen molar-refractivity contribution in [1.82, 2.24) is 10.2 Å². The fraction of sp³-hybridized carbons (Fsp3) is 0.316. The largest absolute Gasteiger partial charge is 0.368 e. The van der Waals surface area contributed by atoms with Crippen molar-refractivity contribution in [1.29, 1.82) is 0 Å². The van der Waals surface area contributed by atoms with E-state index in [4.69, 9.17) is 0 Å². The van der Waals surface area contributed by atoms with Crippen LogP contribution in [0.5, 0.6) is 0 Å². The first kappa shape index (κ1) is 16.6. The first-order chi connectivity index (χ1) is 12.3. The van der Waals surface area contributed by atoms with E-state index < -0.39 is 0 Å². The SMILES string of the molecule is O=C(CN1CCN(c2cccc3sccc23)CC1)NCc1cccs1. The van der Waals surface area contributed by atoms with E-state index in [1.807, 2.05) is 11.4 Å². The molecule has 0 saturated carbocycles. The van der Waals surface area contributed by atoms with Crippen molar-refractivity contribution in [2.24, 2.45) is 0 Å². The maximum atomic E-state index is 12.1. The van der Waals surface area contributed by atoms with Crippen LogP contribution in [-0.4, -0.2) is 43.5 Å². The van der Waals surface area contributed by atoms with Gasteiger partial charge in [-0.3, -0.25) is 9.69 Å². The van der Waals surface area contributed by atoms with E-state index in [2.05, 4.69) is 50.8 Å². The van der Waals surface area contributed by atoms with Gasteiger partial charge < -0.3 is 10.2 Å². The molecule has 0 spiro atoms. The molecule has 25 heavy (non-hydrogen) atoms. The number of amides is 1. The molecule has 0 aliphatic carbocycles. The van der Waals surface area contributed by atoms with Gasteiger partial charge >= 0.3 is 0 Å².